The summed E-state index contributed by atoms with van der Waals surface area (Å²) in [4.78, 5) is 21.8. The first-order valence-corrected chi connectivity index (χ1v) is 4.73. The second kappa shape index (κ2) is 7.28. The summed E-state index contributed by atoms with van der Waals surface area (Å²) in [5, 5.41) is 13.0. The minimum absolute atomic E-state index is 0. The number of amides is 1. The number of carbonyl (C=O) groups excluding carboxylic acids is 2. The second-order valence-corrected chi connectivity index (χ2v) is 5.03. The van der Waals surface area contributed by atoms with Gasteiger partial charge in [0, 0.05) is 17.9 Å². The van der Waals surface area contributed by atoms with Gasteiger partial charge in [0.05, 0.1) is 0 Å². The molecular weight excluding hydrogens is 331 g/mol. The zero-order valence-corrected chi connectivity index (χ0v) is 17.1. The van der Waals surface area contributed by atoms with E-state index in [9.17, 15) is 14.7 Å². The van der Waals surface area contributed by atoms with Crippen molar-refractivity contribution in [3.05, 3.63) is 0 Å². The fraction of sp³-hybridized carbons (Fsp3) is 0.800. The van der Waals surface area contributed by atoms with E-state index >= 15 is 0 Å². The summed E-state index contributed by atoms with van der Waals surface area (Å²) in [6.07, 6.45) is -0.628. The quantitative estimate of drug-likeness (QED) is 0.601. The van der Waals surface area contributed by atoms with Gasteiger partial charge >= 0.3 is 75.0 Å². The molecule has 0 radical (unpaired) electrons. The van der Waals surface area contributed by atoms with E-state index in [2.05, 4.69) is 5.32 Å². The van der Waals surface area contributed by atoms with E-state index in [1.54, 1.807) is 20.8 Å². The van der Waals surface area contributed by atoms with E-state index in [4.69, 9.17) is 4.74 Å². The third-order valence-corrected chi connectivity index (χ3v) is 1.63. The van der Waals surface area contributed by atoms with E-state index in [1.807, 2.05) is 0 Å². The predicted octanol–water partition coefficient (Wildman–Crippen LogP) is -2.71. The number of rotatable bonds is 3. The molecule has 0 bridgehead atoms. The van der Waals surface area contributed by atoms with Crippen LogP contribution in [0.3, 0.4) is 0 Å². The number of alkyl carbamates (subject to hydrolysis) is 1. The topological polar surface area (TPSA) is 78.5 Å². The van der Waals surface area contributed by atoms with Crippen molar-refractivity contribution < 1.29 is 88.3 Å². The predicted molar refractivity (Wildman–Crippen MR) is 53.0 cm³/mol. The van der Waals surface area contributed by atoms with Crippen molar-refractivity contribution in [2.45, 2.75) is 40.2 Å². The molecule has 0 saturated heterocycles. The Morgan fingerprint density at radius 3 is 1.94 bits per heavy atom. The molecule has 0 aromatic rings. The van der Waals surface area contributed by atoms with Gasteiger partial charge in [-0.2, -0.15) is 0 Å². The first-order valence-electron chi connectivity index (χ1n) is 4.73. The van der Waals surface area contributed by atoms with Crippen molar-refractivity contribution in [3.8, 4) is 0 Å². The number of carbonyl (C=O) groups is 2. The van der Waals surface area contributed by atoms with E-state index in [-0.39, 0.29) is 75.4 Å². The van der Waals surface area contributed by atoms with Gasteiger partial charge in [-0.05, 0) is 20.8 Å². The van der Waals surface area contributed by atoms with Gasteiger partial charge in [-0.25, -0.2) is 4.79 Å². The molecule has 0 aliphatic heterocycles. The van der Waals surface area contributed by atoms with Gasteiger partial charge in [0.15, 0.2) is 0 Å². The third-order valence-electron chi connectivity index (χ3n) is 1.63. The number of carboxylic acid groups (broad SMARTS) is 1. The number of ether oxygens (including phenoxy) is 1. The van der Waals surface area contributed by atoms with E-state index < -0.39 is 23.1 Å². The number of aliphatic carboxylic acids is 1. The van der Waals surface area contributed by atoms with Crippen molar-refractivity contribution in [1.29, 1.82) is 0 Å². The van der Waals surface area contributed by atoms with Crippen LogP contribution >= 0.6 is 0 Å². The number of nitrogens with one attached hydrogen (secondary N) is 1. The zero-order chi connectivity index (χ0) is 12.3. The van der Waals surface area contributed by atoms with Crippen molar-refractivity contribution in [3.63, 3.8) is 0 Å². The molecule has 1 N–H and O–H groups in total. The molecule has 6 heteroatoms. The normalized spacial score (nSPS) is 11.3. The maximum atomic E-state index is 11.2. The van der Waals surface area contributed by atoms with Crippen LogP contribution in [-0.4, -0.2) is 24.2 Å². The summed E-state index contributed by atoms with van der Waals surface area (Å²) >= 11 is 0. The Kier molecular flexibility index (Phi) is 8.70. The molecule has 0 saturated carbocycles. The second-order valence-electron chi connectivity index (χ2n) is 5.03. The van der Waals surface area contributed by atoms with Gasteiger partial charge in [0.25, 0.3) is 0 Å². The van der Waals surface area contributed by atoms with Gasteiger partial charge < -0.3 is 20.0 Å². The smallest absolute Gasteiger partial charge is 0.550 e. The summed E-state index contributed by atoms with van der Waals surface area (Å²) in [6.45, 7) is 8.12. The van der Waals surface area contributed by atoms with Crippen LogP contribution in [0.25, 0.3) is 0 Å². The van der Waals surface area contributed by atoms with Crippen LogP contribution in [0.15, 0.2) is 0 Å². The molecule has 16 heavy (non-hydrogen) atoms. The van der Waals surface area contributed by atoms with Crippen LogP contribution in [-0.2, 0) is 9.53 Å². The first-order chi connectivity index (χ1) is 6.54. The van der Waals surface area contributed by atoms with Crippen LogP contribution in [0.2, 0.25) is 0 Å². The molecule has 88 valence electrons. The first kappa shape index (κ1) is 19.1. The summed E-state index contributed by atoms with van der Waals surface area (Å²) < 4.78 is 4.95. The Bertz CT molecular complexity index is 258. The van der Waals surface area contributed by atoms with Crippen molar-refractivity contribution in [2.24, 2.45) is 5.41 Å². The molecule has 5 nitrogen and oxygen atoms in total. The largest absolute Gasteiger partial charge is 1.00 e. The summed E-state index contributed by atoms with van der Waals surface area (Å²) in [7, 11) is 0. The van der Waals surface area contributed by atoms with Crippen LogP contribution < -0.4 is 79.3 Å². The van der Waals surface area contributed by atoms with E-state index in [1.165, 1.54) is 13.8 Å². The van der Waals surface area contributed by atoms with E-state index in [0.29, 0.717) is 0 Å². The molecule has 0 heterocycles. The third kappa shape index (κ3) is 8.89. The number of hydrogen-bond donors (Lipinski definition) is 1. The molecule has 0 aliphatic carbocycles. The Morgan fingerprint density at radius 1 is 1.19 bits per heavy atom. The fourth-order valence-corrected chi connectivity index (χ4v) is 0.679. The van der Waals surface area contributed by atoms with Crippen LogP contribution in [0, 0.1) is 5.41 Å². The molecule has 0 aromatic carbocycles. The van der Waals surface area contributed by atoms with Gasteiger partial charge in [0.2, 0.25) is 0 Å². The molecule has 0 fully saturated rings. The van der Waals surface area contributed by atoms with Gasteiger partial charge in [-0.3, -0.25) is 0 Å². The van der Waals surface area contributed by atoms with Crippen molar-refractivity contribution in [2.75, 3.05) is 6.54 Å². The molecular formula is C10H18CsNO4. The molecule has 0 atom stereocenters. The van der Waals surface area contributed by atoms with Gasteiger partial charge in [-0.15, -0.1) is 0 Å². The monoisotopic (exact) mass is 349 g/mol. The van der Waals surface area contributed by atoms with Crippen LogP contribution in [0.1, 0.15) is 34.6 Å². The standard InChI is InChI=1S/C10H19NO4.Cs/c1-9(2,3)15-8(14)11-6-10(4,5)7(12)13;/h6H2,1-5H3,(H,11,14)(H,12,13);/q;+1/p-1. The summed E-state index contributed by atoms with van der Waals surface area (Å²) in [6, 6.07) is 0. The number of carboxylic acids is 1. The number of hydrogen-bond acceptors (Lipinski definition) is 4. The maximum Gasteiger partial charge on any atom is 1.00 e. The fourth-order valence-electron chi connectivity index (χ4n) is 0.679. The van der Waals surface area contributed by atoms with Crippen LogP contribution in [0.5, 0.6) is 0 Å². The van der Waals surface area contributed by atoms with Crippen molar-refractivity contribution >= 4 is 12.1 Å². The minimum Gasteiger partial charge on any atom is -0.550 e. The minimum atomic E-state index is -1.21. The molecule has 0 aromatic heterocycles. The van der Waals surface area contributed by atoms with Crippen LogP contribution in [0.4, 0.5) is 4.79 Å². The molecule has 1 amide bonds. The van der Waals surface area contributed by atoms with E-state index in [0.717, 1.165) is 0 Å². The molecule has 0 unspecified atom stereocenters. The maximum absolute atomic E-state index is 11.2. The van der Waals surface area contributed by atoms with Crippen molar-refractivity contribution in [1.82, 2.24) is 5.32 Å². The zero-order valence-electron chi connectivity index (χ0n) is 10.8. The van der Waals surface area contributed by atoms with Gasteiger partial charge in [-0.1, -0.05) is 13.8 Å². The Labute approximate surface area is 155 Å². The van der Waals surface area contributed by atoms with Gasteiger partial charge in [0.1, 0.15) is 5.60 Å². The SMILES string of the molecule is CC(C)(C)OC(=O)NCC(C)(C)C(=O)[O-].[Cs+]. The Balaban J connectivity index is 0. The Morgan fingerprint density at radius 2 is 1.62 bits per heavy atom. The molecule has 0 aliphatic rings. The summed E-state index contributed by atoms with van der Waals surface area (Å²) in [5.74, 6) is -1.21. The average Bonchev–Trinajstić information content (AvgIpc) is 1.97. The average molecular weight is 349 g/mol. The summed E-state index contributed by atoms with van der Waals surface area (Å²) in [5.41, 5.74) is -1.69. The Hall–Kier alpha value is 0.792. The molecule has 0 rings (SSSR count). The molecule has 0 spiro atoms.